The molecular weight excluding hydrogens is 326 g/mol. The molecule has 0 unspecified atom stereocenters. The fourth-order valence-electron chi connectivity index (χ4n) is 3.73. The maximum absolute atomic E-state index is 5.67. The van der Waals surface area contributed by atoms with Crippen molar-refractivity contribution >= 4 is 11.5 Å². The van der Waals surface area contributed by atoms with Gasteiger partial charge in [-0.1, -0.05) is 6.07 Å². The van der Waals surface area contributed by atoms with Crippen molar-refractivity contribution in [1.29, 1.82) is 0 Å². The summed E-state index contributed by atoms with van der Waals surface area (Å²) in [6.07, 6.45) is 4.35. The Hall–Kier alpha value is -2.40. The van der Waals surface area contributed by atoms with Gasteiger partial charge in [0.2, 0.25) is 0 Å². The van der Waals surface area contributed by atoms with E-state index in [1.165, 1.54) is 11.1 Å². The van der Waals surface area contributed by atoms with Crippen LogP contribution in [0.2, 0.25) is 0 Å². The highest BCUT2D eigenvalue weighted by atomic mass is 16.5. The second kappa shape index (κ2) is 7.46. The third kappa shape index (κ3) is 3.31. The van der Waals surface area contributed by atoms with Gasteiger partial charge in [0.05, 0.1) is 25.0 Å². The first kappa shape index (κ1) is 17.0. The van der Waals surface area contributed by atoms with Gasteiger partial charge in [0.1, 0.15) is 11.6 Å². The normalized spacial score (nSPS) is 17.2. The van der Waals surface area contributed by atoms with E-state index >= 15 is 0 Å². The Labute approximate surface area is 154 Å². The minimum absolute atomic E-state index is 0.373. The Morgan fingerprint density at radius 1 is 1.15 bits per heavy atom. The standard InChI is InChI=1S/C21H25N3O2/c1-3-26-18-5-4-16-14-23-21(19(16)13-18)15-6-9-22-20(12-15)24-10-7-17(25-2)8-11-24/h4-6,9,12-13,17H,3,7-8,10-11,14H2,1-2H3. The lowest BCUT2D eigenvalue weighted by molar-refractivity contribution is 0.0818. The van der Waals surface area contributed by atoms with Crippen molar-refractivity contribution in [3.8, 4) is 5.75 Å². The van der Waals surface area contributed by atoms with Crippen molar-refractivity contribution in [3.63, 3.8) is 0 Å². The molecular formula is C21H25N3O2. The zero-order valence-electron chi connectivity index (χ0n) is 15.4. The number of nitrogens with zero attached hydrogens (tertiary/aromatic N) is 3. The Morgan fingerprint density at radius 2 is 2.00 bits per heavy atom. The SMILES string of the molecule is CCOc1ccc2c(c1)C(c1ccnc(N3CCC(OC)CC3)c1)=NC2. The van der Waals surface area contributed by atoms with Crippen LogP contribution >= 0.6 is 0 Å². The molecule has 1 aromatic heterocycles. The van der Waals surface area contributed by atoms with Gasteiger partial charge in [0.15, 0.2) is 0 Å². The molecule has 2 aromatic rings. The van der Waals surface area contributed by atoms with E-state index in [9.17, 15) is 0 Å². The smallest absolute Gasteiger partial charge is 0.129 e. The second-order valence-electron chi connectivity index (χ2n) is 6.74. The number of pyridine rings is 1. The number of ether oxygens (including phenoxy) is 2. The molecule has 0 spiro atoms. The Bertz CT molecular complexity index is 811. The monoisotopic (exact) mass is 351 g/mol. The third-order valence-electron chi connectivity index (χ3n) is 5.17. The summed E-state index contributed by atoms with van der Waals surface area (Å²) in [6, 6.07) is 10.5. The molecule has 0 aliphatic carbocycles. The number of anilines is 1. The Balaban J connectivity index is 1.58. The number of benzene rings is 1. The lowest BCUT2D eigenvalue weighted by Gasteiger charge is -2.32. The van der Waals surface area contributed by atoms with Crippen molar-refractivity contribution in [1.82, 2.24) is 4.98 Å². The maximum atomic E-state index is 5.67. The maximum Gasteiger partial charge on any atom is 0.129 e. The van der Waals surface area contributed by atoms with E-state index in [1.807, 2.05) is 25.3 Å². The first-order valence-corrected chi connectivity index (χ1v) is 9.33. The van der Waals surface area contributed by atoms with Crippen LogP contribution in [-0.4, -0.2) is 43.6 Å². The predicted octanol–water partition coefficient (Wildman–Crippen LogP) is 3.45. The Morgan fingerprint density at radius 3 is 2.77 bits per heavy atom. The van der Waals surface area contributed by atoms with Gasteiger partial charge in [0.25, 0.3) is 0 Å². The first-order chi connectivity index (χ1) is 12.8. The summed E-state index contributed by atoms with van der Waals surface area (Å²) in [5.41, 5.74) is 4.59. The number of rotatable bonds is 5. The fourth-order valence-corrected chi connectivity index (χ4v) is 3.73. The van der Waals surface area contributed by atoms with Crippen LogP contribution in [-0.2, 0) is 11.3 Å². The van der Waals surface area contributed by atoms with E-state index < -0.39 is 0 Å². The van der Waals surface area contributed by atoms with E-state index in [1.54, 1.807) is 7.11 Å². The van der Waals surface area contributed by atoms with Gasteiger partial charge in [-0.3, -0.25) is 4.99 Å². The second-order valence-corrected chi connectivity index (χ2v) is 6.74. The molecule has 1 saturated heterocycles. The zero-order chi connectivity index (χ0) is 17.9. The van der Waals surface area contributed by atoms with E-state index in [-0.39, 0.29) is 0 Å². The molecule has 0 amide bonds. The van der Waals surface area contributed by atoms with Crippen LogP contribution in [0.3, 0.4) is 0 Å². The summed E-state index contributed by atoms with van der Waals surface area (Å²) in [4.78, 5) is 11.7. The van der Waals surface area contributed by atoms with Crippen molar-refractivity contribution in [2.45, 2.75) is 32.4 Å². The number of hydrogen-bond acceptors (Lipinski definition) is 5. The van der Waals surface area contributed by atoms with E-state index in [0.717, 1.165) is 55.3 Å². The molecule has 4 rings (SSSR count). The molecule has 5 nitrogen and oxygen atoms in total. The minimum Gasteiger partial charge on any atom is -0.494 e. The van der Waals surface area contributed by atoms with Gasteiger partial charge < -0.3 is 14.4 Å². The number of aliphatic imine (C=N–C) groups is 1. The van der Waals surface area contributed by atoms with Crippen LogP contribution in [0.15, 0.2) is 41.5 Å². The summed E-state index contributed by atoms with van der Waals surface area (Å²) in [6.45, 7) is 5.36. The third-order valence-corrected chi connectivity index (χ3v) is 5.17. The van der Waals surface area contributed by atoms with Crippen LogP contribution in [0.1, 0.15) is 36.5 Å². The van der Waals surface area contributed by atoms with Gasteiger partial charge >= 0.3 is 0 Å². The van der Waals surface area contributed by atoms with E-state index in [2.05, 4.69) is 28.1 Å². The molecule has 2 aliphatic rings. The molecule has 26 heavy (non-hydrogen) atoms. The van der Waals surface area contributed by atoms with Crippen LogP contribution in [0, 0.1) is 0 Å². The molecule has 0 bridgehead atoms. The quantitative estimate of drug-likeness (QED) is 0.828. The van der Waals surface area contributed by atoms with Gasteiger partial charge in [-0.2, -0.15) is 0 Å². The lowest BCUT2D eigenvalue weighted by atomic mass is 10.00. The number of hydrogen-bond donors (Lipinski definition) is 0. The average molecular weight is 351 g/mol. The van der Waals surface area contributed by atoms with Crippen molar-refractivity contribution in [3.05, 3.63) is 53.2 Å². The largest absolute Gasteiger partial charge is 0.494 e. The highest BCUT2D eigenvalue weighted by Crippen LogP contribution is 2.28. The van der Waals surface area contributed by atoms with Crippen molar-refractivity contribution in [2.75, 3.05) is 31.7 Å². The van der Waals surface area contributed by atoms with Gasteiger partial charge in [0, 0.05) is 37.5 Å². The van der Waals surface area contributed by atoms with Gasteiger partial charge in [-0.25, -0.2) is 4.98 Å². The Kier molecular flexibility index (Phi) is 4.89. The minimum atomic E-state index is 0.373. The average Bonchev–Trinajstić information content (AvgIpc) is 3.12. The topological polar surface area (TPSA) is 47.0 Å². The summed E-state index contributed by atoms with van der Waals surface area (Å²) < 4.78 is 11.1. The lowest BCUT2D eigenvalue weighted by Crippen LogP contribution is -2.37. The number of fused-ring (bicyclic) bond motifs is 1. The number of aromatic nitrogens is 1. The molecule has 0 atom stereocenters. The molecule has 3 heterocycles. The van der Waals surface area contributed by atoms with Crippen molar-refractivity contribution < 1.29 is 9.47 Å². The summed E-state index contributed by atoms with van der Waals surface area (Å²) >= 11 is 0. The molecule has 2 aliphatic heterocycles. The molecule has 0 radical (unpaired) electrons. The first-order valence-electron chi connectivity index (χ1n) is 9.33. The molecule has 136 valence electrons. The molecule has 0 saturated carbocycles. The van der Waals surface area contributed by atoms with Crippen LogP contribution in [0.4, 0.5) is 5.82 Å². The van der Waals surface area contributed by atoms with Gasteiger partial charge in [-0.05, 0) is 49.6 Å². The summed E-state index contributed by atoms with van der Waals surface area (Å²) in [5, 5.41) is 0. The molecule has 5 heteroatoms. The molecule has 0 N–H and O–H groups in total. The van der Waals surface area contributed by atoms with Crippen LogP contribution < -0.4 is 9.64 Å². The summed E-state index contributed by atoms with van der Waals surface area (Å²) in [7, 11) is 1.80. The van der Waals surface area contributed by atoms with Crippen LogP contribution in [0.5, 0.6) is 5.75 Å². The van der Waals surface area contributed by atoms with Gasteiger partial charge in [-0.15, -0.1) is 0 Å². The number of piperidine rings is 1. The summed E-state index contributed by atoms with van der Waals surface area (Å²) in [5.74, 6) is 1.92. The molecule has 1 aromatic carbocycles. The van der Waals surface area contributed by atoms with Crippen molar-refractivity contribution in [2.24, 2.45) is 4.99 Å². The highest BCUT2D eigenvalue weighted by Gasteiger charge is 2.22. The van der Waals surface area contributed by atoms with Crippen LogP contribution in [0.25, 0.3) is 0 Å². The van der Waals surface area contributed by atoms with E-state index in [0.29, 0.717) is 12.7 Å². The van der Waals surface area contributed by atoms with E-state index in [4.69, 9.17) is 14.5 Å². The highest BCUT2D eigenvalue weighted by molar-refractivity contribution is 6.15. The number of methoxy groups -OCH3 is 1. The molecule has 1 fully saturated rings. The fraction of sp³-hybridized carbons (Fsp3) is 0.429. The predicted molar refractivity (Wildman–Crippen MR) is 103 cm³/mol. The zero-order valence-corrected chi connectivity index (χ0v) is 15.4.